The maximum atomic E-state index is 11.6. The molecule has 1 unspecified atom stereocenters. The van der Waals surface area contributed by atoms with Crippen molar-refractivity contribution in [3.63, 3.8) is 0 Å². The second-order valence-electron chi connectivity index (χ2n) is 3.24. The molecule has 0 fully saturated rings. The van der Waals surface area contributed by atoms with Crippen LogP contribution in [0.4, 0.5) is 5.95 Å². The second kappa shape index (κ2) is 5.79. The van der Waals surface area contributed by atoms with E-state index >= 15 is 0 Å². The van der Waals surface area contributed by atoms with E-state index in [0.29, 0.717) is 12.3 Å². The maximum absolute atomic E-state index is 11.6. The van der Waals surface area contributed by atoms with Crippen molar-refractivity contribution in [1.29, 1.82) is 0 Å². The molecule has 5 nitrogen and oxygen atoms in total. The Bertz CT molecular complexity index is 384. The molecule has 1 amide bonds. The Morgan fingerprint density at radius 1 is 1.62 bits per heavy atom. The maximum Gasteiger partial charge on any atom is 0.240 e. The summed E-state index contributed by atoms with van der Waals surface area (Å²) in [6.45, 7) is 3.72. The number of aromatic nitrogens is 2. The van der Waals surface area contributed by atoms with Crippen LogP contribution < -0.4 is 10.1 Å². The Hall–Kier alpha value is -1.17. The van der Waals surface area contributed by atoms with Crippen LogP contribution in [-0.4, -0.2) is 27.8 Å². The lowest BCUT2D eigenvalue weighted by Gasteiger charge is -2.08. The average molecular weight is 288 g/mol. The van der Waals surface area contributed by atoms with E-state index in [1.165, 1.54) is 7.11 Å². The highest BCUT2D eigenvalue weighted by molar-refractivity contribution is 9.10. The number of nitrogens with one attached hydrogen (secondary N) is 1. The first-order valence-corrected chi connectivity index (χ1v) is 5.83. The van der Waals surface area contributed by atoms with E-state index < -0.39 is 0 Å². The number of hydrogen-bond acceptors (Lipinski definition) is 4. The van der Waals surface area contributed by atoms with Gasteiger partial charge in [-0.3, -0.25) is 10.1 Å². The number of anilines is 1. The van der Waals surface area contributed by atoms with Crippen molar-refractivity contribution in [2.45, 2.75) is 25.1 Å². The zero-order valence-electron chi connectivity index (χ0n) is 9.45. The molecule has 0 spiro atoms. The number of ether oxygens (including phenoxy) is 1. The summed E-state index contributed by atoms with van der Waals surface area (Å²) < 4.78 is 4.99. The van der Waals surface area contributed by atoms with Gasteiger partial charge in [0.2, 0.25) is 17.7 Å². The summed E-state index contributed by atoms with van der Waals surface area (Å²) in [5.41, 5.74) is 0.741. The van der Waals surface area contributed by atoms with Crippen LogP contribution in [0.15, 0.2) is 6.07 Å². The van der Waals surface area contributed by atoms with E-state index in [1.807, 2.05) is 13.8 Å². The summed E-state index contributed by atoms with van der Waals surface area (Å²) in [6.07, 6.45) is 0.703. The minimum atomic E-state index is -0.234. The fourth-order valence-electron chi connectivity index (χ4n) is 1.07. The Labute approximate surface area is 103 Å². The van der Waals surface area contributed by atoms with Crippen LogP contribution in [0, 0.1) is 6.92 Å². The number of nitrogens with zero attached hydrogens (tertiary/aromatic N) is 2. The van der Waals surface area contributed by atoms with Gasteiger partial charge >= 0.3 is 0 Å². The van der Waals surface area contributed by atoms with Crippen LogP contribution in [-0.2, 0) is 4.79 Å². The molecule has 1 rings (SSSR count). The molecule has 1 aromatic heterocycles. The lowest BCUT2D eigenvalue weighted by atomic mass is 10.3. The van der Waals surface area contributed by atoms with E-state index in [0.717, 1.165) is 5.69 Å². The van der Waals surface area contributed by atoms with Crippen molar-refractivity contribution >= 4 is 27.8 Å². The number of aryl methyl sites for hydroxylation is 1. The number of carbonyl (C=O) groups excluding carboxylic acids is 1. The molecular formula is C10H14BrN3O2. The Kier molecular flexibility index (Phi) is 4.67. The molecule has 0 bridgehead atoms. The van der Waals surface area contributed by atoms with Gasteiger partial charge in [0.25, 0.3) is 0 Å². The summed E-state index contributed by atoms with van der Waals surface area (Å²) >= 11 is 3.25. The van der Waals surface area contributed by atoms with Crippen LogP contribution in [0.2, 0.25) is 0 Å². The number of amides is 1. The molecule has 1 aromatic rings. The standard InChI is InChI=1S/C10H14BrN3O2/c1-4-7(11)9(15)14-10-12-6(2)5-8(13-10)16-3/h5,7H,4H2,1-3H3,(H,12,13,14,15). The summed E-state index contributed by atoms with van der Waals surface area (Å²) in [4.78, 5) is 19.5. The molecule has 1 N–H and O–H groups in total. The van der Waals surface area contributed by atoms with Crippen molar-refractivity contribution in [3.8, 4) is 5.88 Å². The Morgan fingerprint density at radius 2 is 2.31 bits per heavy atom. The Balaban J connectivity index is 2.81. The number of methoxy groups -OCH3 is 1. The van der Waals surface area contributed by atoms with Crippen molar-refractivity contribution in [2.75, 3.05) is 12.4 Å². The van der Waals surface area contributed by atoms with Crippen LogP contribution in [0.5, 0.6) is 5.88 Å². The lowest BCUT2D eigenvalue weighted by molar-refractivity contribution is -0.115. The lowest BCUT2D eigenvalue weighted by Crippen LogP contribution is -2.23. The molecule has 0 saturated heterocycles. The first-order valence-electron chi connectivity index (χ1n) is 4.91. The highest BCUT2D eigenvalue weighted by atomic mass is 79.9. The fraction of sp³-hybridized carbons (Fsp3) is 0.500. The van der Waals surface area contributed by atoms with Crippen molar-refractivity contribution < 1.29 is 9.53 Å². The Morgan fingerprint density at radius 3 is 2.88 bits per heavy atom. The largest absolute Gasteiger partial charge is 0.481 e. The van der Waals surface area contributed by atoms with Gasteiger partial charge in [-0.1, -0.05) is 22.9 Å². The van der Waals surface area contributed by atoms with E-state index in [1.54, 1.807) is 6.07 Å². The van der Waals surface area contributed by atoms with Crippen molar-refractivity contribution in [3.05, 3.63) is 11.8 Å². The third kappa shape index (κ3) is 3.44. The third-order valence-electron chi connectivity index (χ3n) is 1.92. The normalized spacial score (nSPS) is 12.0. The minimum Gasteiger partial charge on any atom is -0.481 e. The number of alkyl halides is 1. The molecule has 0 aromatic carbocycles. The molecule has 88 valence electrons. The number of hydrogen-bond donors (Lipinski definition) is 1. The average Bonchev–Trinajstić information content (AvgIpc) is 2.26. The molecule has 0 radical (unpaired) electrons. The van der Waals surface area contributed by atoms with Gasteiger partial charge in [0.1, 0.15) is 0 Å². The zero-order valence-corrected chi connectivity index (χ0v) is 11.0. The predicted octanol–water partition coefficient (Wildman–Crippen LogP) is 1.91. The topological polar surface area (TPSA) is 64.1 Å². The molecule has 1 atom stereocenters. The molecule has 1 heterocycles. The van der Waals surface area contributed by atoms with Crippen LogP contribution in [0.1, 0.15) is 19.0 Å². The van der Waals surface area contributed by atoms with Gasteiger partial charge in [-0.05, 0) is 13.3 Å². The van der Waals surface area contributed by atoms with Crippen LogP contribution in [0.3, 0.4) is 0 Å². The van der Waals surface area contributed by atoms with E-state index in [4.69, 9.17) is 4.74 Å². The molecule has 0 aliphatic carbocycles. The summed E-state index contributed by atoms with van der Waals surface area (Å²) in [5, 5.41) is 2.62. The molecule has 0 aliphatic rings. The smallest absolute Gasteiger partial charge is 0.240 e. The highest BCUT2D eigenvalue weighted by Crippen LogP contribution is 2.13. The summed E-state index contributed by atoms with van der Waals surface area (Å²) in [6, 6.07) is 1.70. The van der Waals surface area contributed by atoms with E-state index in [-0.39, 0.29) is 16.7 Å². The summed E-state index contributed by atoms with van der Waals surface area (Å²) in [5.74, 6) is 0.542. The van der Waals surface area contributed by atoms with E-state index in [9.17, 15) is 4.79 Å². The molecular weight excluding hydrogens is 274 g/mol. The number of halogens is 1. The number of rotatable bonds is 4. The number of carbonyl (C=O) groups is 1. The second-order valence-corrected chi connectivity index (χ2v) is 4.35. The predicted molar refractivity (Wildman–Crippen MR) is 65.0 cm³/mol. The quantitative estimate of drug-likeness (QED) is 0.859. The van der Waals surface area contributed by atoms with E-state index in [2.05, 4.69) is 31.2 Å². The van der Waals surface area contributed by atoms with Crippen LogP contribution in [0.25, 0.3) is 0 Å². The monoisotopic (exact) mass is 287 g/mol. The van der Waals surface area contributed by atoms with Gasteiger partial charge in [0, 0.05) is 11.8 Å². The van der Waals surface area contributed by atoms with Gasteiger partial charge in [-0.15, -0.1) is 0 Å². The van der Waals surface area contributed by atoms with Gasteiger partial charge in [0.05, 0.1) is 11.9 Å². The van der Waals surface area contributed by atoms with Crippen LogP contribution >= 0.6 is 15.9 Å². The third-order valence-corrected chi connectivity index (χ3v) is 2.98. The van der Waals surface area contributed by atoms with Gasteiger partial charge < -0.3 is 4.74 Å². The molecule has 0 aliphatic heterocycles. The van der Waals surface area contributed by atoms with Gasteiger partial charge in [0.15, 0.2) is 0 Å². The molecule has 0 saturated carbocycles. The van der Waals surface area contributed by atoms with Gasteiger partial charge in [-0.2, -0.15) is 4.98 Å². The first kappa shape index (κ1) is 12.9. The minimum absolute atomic E-state index is 0.157. The SMILES string of the molecule is CCC(Br)C(=O)Nc1nc(C)cc(OC)n1. The highest BCUT2D eigenvalue weighted by Gasteiger charge is 2.14. The van der Waals surface area contributed by atoms with Gasteiger partial charge in [-0.25, -0.2) is 4.98 Å². The zero-order chi connectivity index (χ0) is 12.1. The van der Waals surface area contributed by atoms with Crippen molar-refractivity contribution in [1.82, 2.24) is 9.97 Å². The molecule has 6 heteroatoms. The first-order chi connectivity index (χ1) is 7.56. The fourth-order valence-corrected chi connectivity index (χ4v) is 1.19. The van der Waals surface area contributed by atoms with Crippen molar-refractivity contribution in [2.24, 2.45) is 0 Å². The molecule has 16 heavy (non-hydrogen) atoms. The summed E-state index contributed by atoms with van der Waals surface area (Å²) in [7, 11) is 1.52.